The number of anilines is 1. The molecule has 0 radical (unpaired) electrons. The van der Waals surface area contributed by atoms with E-state index in [-0.39, 0.29) is 5.91 Å². The molecule has 138 valence electrons. The van der Waals surface area contributed by atoms with Crippen molar-refractivity contribution in [2.24, 2.45) is 0 Å². The Morgan fingerprint density at radius 2 is 1.81 bits per heavy atom. The van der Waals surface area contributed by atoms with E-state index in [1.807, 2.05) is 6.92 Å². The van der Waals surface area contributed by atoms with Crippen LogP contribution in [0.3, 0.4) is 0 Å². The van der Waals surface area contributed by atoms with Crippen LogP contribution < -0.4 is 10.1 Å². The van der Waals surface area contributed by atoms with Crippen molar-refractivity contribution in [1.82, 2.24) is 0 Å². The molecule has 2 rings (SSSR count). The maximum absolute atomic E-state index is 12.6. The Balaban J connectivity index is 2.13. The lowest BCUT2D eigenvalue weighted by atomic mass is 10.1. The van der Waals surface area contributed by atoms with Gasteiger partial charge in [-0.2, -0.15) is 0 Å². The molecule has 26 heavy (non-hydrogen) atoms. The number of hydrogen-bond donors (Lipinski definition) is 1. The monoisotopic (exact) mass is 375 g/mol. The van der Waals surface area contributed by atoms with Crippen LogP contribution in [0.15, 0.2) is 42.5 Å². The second-order valence-corrected chi connectivity index (χ2v) is 6.09. The quantitative estimate of drug-likeness (QED) is 0.717. The van der Waals surface area contributed by atoms with Crippen molar-refractivity contribution < 1.29 is 19.1 Å². The van der Waals surface area contributed by atoms with E-state index >= 15 is 0 Å². The summed E-state index contributed by atoms with van der Waals surface area (Å²) in [5, 5.41) is 3.43. The molecule has 2 aromatic carbocycles. The largest absolute Gasteiger partial charge is 0.481 e. The summed E-state index contributed by atoms with van der Waals surface area (Å²) in [5.41, 5.74) is 1.63. The molecular formula is C20H22ClNO4. The molecule has 1 amide bonds. The summed E-state index contributed by atoms with van der Waals surface area (Å²) in [7, 11) is 0. The van der Waals surface area contributed by atoms with Gasteiger partial charge in [-0.3, -0.25) is 4.79 Å². The van der Waals surface area contributed by atoms with Crippen LogP contribution in [0.1, 0.15) is 36.2 Å². The zero-order valence-electron chi connectivity index (χ0n) is 15.0. The van der Waals surface area contributed by atoms with E-state index in [0.29, 0.717) is 40.6 Å². The molecule has 0 aliphatic heterocycles. The maximum Gasteiger partial charge on any atom is 0.338 e. The molecule has 6 heteroatoms. The van der Waals surface area contributed by atoms with E-state index in [1.54, 1.807) is 56.3 Å². The number of halogens is 1. The number of hydrogen-bond acceptors (Lipinski definition) is 4. The summed E-state index contributed by atoms with van der Waals surface area (Å²) >= 11 is 5.86. The highest BCUT2D eigenvalue weighted by Gasteiger charge is 2.20. The van der Waals surface area contributed by atoms with Gasteiger partial charge in [-0.25, -0.2) is 4.79 Å². The molecule has 1 atom stereocenters. The normalized spacial score (nSPS) is 11.5. The van der Waals surface area contributed by atoms with Gasteiger partial charge in [-0.15, -0.1) is 0 Å². The third-order valence-electron chi connectivity index (χ3n) is 3.84. The van der Waals surface area contributed by atoms with Gasteiger partial charge in [0.05, 0.1) is 12.2 Å². The Kier molecular flexibility index (Phi) is 7.04. The molecule has 0 fully saturated rings. The van der Waals surface area contributed by atoms with E-state index in [9.17, 15) is 9.59 Å². The lowest BCUT2D eigenvalue weighted by Gasteiger charge is -2.18. The first-order valence-electron chi connectivity index (χ1n) is 8.46. The van der Waals surface area contributed by atoms with Gasteiger partial charge < -0.3 is 14.8 Å². The average Bonchev–Trinajstić information content (AvgIpc) is 2.63. The van der Waals surface area contributed by atoms with E-state index in [1.165, 1.54) is 0 Å². The Bertz CT molecular complexity index is 774. The minimum atomic E-state index is -0.665. The third kappa shape index (κ3) is 4.99. The molecule has 0 heterocycles. The maximum atomic E-state index is 12.6. The summed E-state index contributed by atoms with van der Waals surface area (Å²) in [5.74, 6) is -0.134. The van der Waals surface area contributed by atoms with Gasteiger partial charge in [0.1, 0.15) is 5.75 Å². The number of carbonyl (C=O) groups is 2. The van der Waals surface area contributed by atoms with Crippen molar-refractivity contribution in [3.8, 4) is 5.75 Å². The summed E-state index contributed by atoms with van der Waals surface area (Å²) in [6.07, 6.45) is -0.174. The minimum Gasteiger partial charge on any atom is -0.481 e. The molecule has 0 saturated heterocycles. The highest BCUT2D eigenvalue weighted by Crippen LogP contribution is 2.22. The predicted molar refractivity (Wildman–Crippen MR) is 102 cm³/mol. The van der Waals surface area contributed by atoms with E-state index < -0.39 is 12.1 Å². The molecule has 0 aliphatic carbocycles. The summed E-state index contributed by atoms with van der Waals surface area (Å²) in [6, 6.07) is 11.9. The first kappa shape index (κ1) is 19.8. The van der Waals surface area contributed by atoms with Gasteiger partial charge in [-0.1, -0.05) is 24.6 Å². The summed E-state index contributed by atoms with van der Waals surface area (Å²) in [4.78, 5) is 24.6. The molecular weight excluding hydrogens is 354 g/mol. The highest BCUT2D eigenvalue weighted by molar-refractivity contribution is 6.30. The third-order valence-corrected chi connectivity index (χ3v) is 4.09. The van der Waals surface area contributed by atoms with Crippen LogP contribution in [-0.2, 0) is 9.53 Å². The highest BCUT2D eigenvalue weighted by atomic mass is 35.5. The van der Waals surface area contributed by atoms with Crippen molar-refractivity contribution in [3.05, 3.63) is 58.6 Å². The van der Waals surface area contributed by atoms with Gasteiger partial charge in [0.2, 0.25) is 0 Å². The molecule has 0 bridgehead atoms. The van der Waals surface area contributed by atoms with Crippen molar-refractivity contribution in [1.29, 1.82) is 0 Å². The molecule has 0 spiro atoms. The number of ether oxygens (including phenoxy) is 2. The number of carbonyl (C=O) groups excluding carboxylic acids is 2. The van der Waals surface area contributed by atoms with Crippen LogP contribution in [0.5, 0.6) is 5.75 Å². The lowest BCUT2D eigenvalue weighted by molar-refractivity contribution is -0.122. The standard InChI is InChI=1S/C20H22ClNO4/c1-4-18(26-15-11-9-14(21)10-12-15)19(23)22-17-8-6-7-16(13(17)3)20(24)25-5-2/h6-12,18H,4-5H2,1-3H3,(H,22,23)/t18-/m0/s1. The van der Waals surface area contributed by atoms with Crippen molar-refractivity contribution in [3.63, 3.8) is 0 Å². The molecule has 2 aromatic rings. The molecule has 1 N–H and O–H groups in total. The molecule has 0 aliphatic rings. The molecule has 5 nitrogen and oxygen atoms in total. The number of rotatable bonds is 7. The van der Waals surface area contributed by atoms with Crippen LogP contribution >= 0.6 is 11.6 Å². The fraction of sp³-hybridized carbons (Fsp3) is 0.300. The van der Waals surface area contributed by atoms with E-state index in [4.69, 9.17) is 21.1 Å². The molecule has 0 saturated carbocycles. The lowest BCUT2D eigenvalue weighted by Crippen LogP contribution is -2.32. The smallest absolute Gasteiger partial charge is 0.338 e. The van der Waals surface area contributed by atoms with Crippen LogP contribution in [0.25, 0.3) is 0 Å². The topological polar surface area (TPSA) is 64.6 Å². The van der Waals surface area contributed by atoms with Crippen molar-refractivity contribution in [2.75, 3.05) is 11.9 Å². The van der Waals surface area contributed by atoms with Gasteiger partial charge in [0, 0.05) is 10.7 Å². The molecule has 0 aromatic heterocycles. The van der Waals surface area contributed by atoms with Crippen LogP contribution in [0, 0.1) is 6.92 Å². The number of nitrogens with one attached hydrogen (secondary N) is 1. The minimum absolute atomic E-state index is 0.286. The fourth-order valence-electron chi connectivity index (χ4n) is 2.41. The van der Waals surface area contributed by atoms with E-state index in [2.05, 4.69) is 5.32 Å². The SMILES string of the molecule is CCOC(=O)c1cccc(NC(=O)[C@H](CC)Oc2ccc(Cl)cc2)c1C. The zero-order chi connectivity index (χ0) is 19.1. The van der Waals surface area contributed by atoms with Crippen LogP contribution in [0.4, 0.5) is 5.69 Å². The molecule has 0 unspecified atom stereocenters. The first-order chi connectivity index (χ1) is 12.5. The second-order valence-electron chi connectivity index (χ2n) is 5.66. The van der Waals surface area contributed by atoms with Crippen molar-refractivity contribution in [2.45, 2.75) is 33.3 Å². The predicted octanol–water partition coefficient (Wildman–Crippen LogP) is 4.62. The van der Waals surface area contributed by atoms with Crippen LogP contribution in [-0.4, -0.2) is 24.6 Å². The van der Waals surface area contributed by atoms with Gasteiger partial charge in [0.15, 0.2) is 6.10 Å². The van der Waals surface area contributed by atoms with Crippen LogP contribution in [0.2, 0.25) is 5.02 Å². The summed E-state index contributed by atoms with van der Waals surface area (Å²) < 4.78 is 10.8. The zero-order valence-corrected chi connectivity index (χ0v) is 15.8. The van der Waals surface area contributed by atoms with Gasteiger partial charge in [-0.05, 0) is 62.2 Å². The van der Waals surface area contributed by atoms with Gasteiger partial charge in [0.25, 0.3) is 5.91 Å². The Hall–Kier alpha value is -2.53. The second kappa shape index (κ2) is 9.25. The average molecular weight is 376 g/mol. The first-order valence-corrected chi connectivity index (χ1v) is 8.83. The number of benzene rings is 2. The van der Waals surface area contributed by atoms with Gasteiger partial charge >= 0.3 is 5.97 Å². The van der Waals surface area contributed by atoms with Crippen molar-refractivity contribution >= 4 is 29.2 Å². The Morgan fingerprint density at radius 3 is 2.42 bits per heavy atom. The summed E-state index contributed by atoms with van der Waals surface area (Å²) in [6.45, 7) is 5.67. The number of esters is 1. The number of amides is 1. The van der Waals surface area contributed by atoms with E-state index in [0.717, 1.165) is 0 Å². The Labute approximate surface area is 158 Å². The Morgan fingerprint density at radius 1 is 1.12 bits per heavy atom. The fourth-order valence-corrected chi connectivity index (χ4v) is 2.54.